The summed E-state index contributed by atoms with van der Waals surface area (Å²) >= 11 is 0. The molecule has 0 bridgehead atoms. The molecule has 2 amide bonds. The lowest BCUT2D eigenvalue weighted by Crippen LogP contribution is -2.38. The van der Waals surface area contributed by atoms with Gasteiger partial charge in [-0.15, -0.1) is 0 Å². The van der Waals surface area contributed by atoms with Gasteiger partial charge in [0.25, 0.3) is 0 Å². The van der Waals surface area contributed by atoms with Crippen LogP contribution in [0.1, 0.15) is 33.6 Å². The molecular weight excluding hydrogens is 356 g/mol. The molecule has 2 rings (SSSR count). The summed E-state index contributed by atoms with van der Waals surface area (Å²) in [6.45, 7) is 5.54. The van der Waals surface area contributed by atoms with Crippen LogP contribution in [-0.2, 0) is 19.4 Å². The molecular formula is C18H26N2O5S. The Labute approximate surface area is 154 Å². The minimum atomic E-state index is -3.03. The van der Waals surface area contributed by atoms with Crippen LogP contribution in [0.15, 0.2) is 24.3 Å². The lowest BCUT2D eigenvalue weighted by molar-refractivity contribution is -0.121. The van der Waals surface area contributed by atoms with Gasteiger partial charge in [0, 0.05) is 31.6 Å². The molecule has 1 heterocycles. The van der Waals surface area contributed by atoms with Crippen LogP contribution >= 0.6 is 0 Å². The fraction of sp³-hybridized carbons (Fsp3) is 0.556. The maximum Gasteiger partial charge on any atom is 0.223 e. The predicted molar refractivity (Wildman–Crippen MR) is 100 cm³/mol. The van der Waals surface area contributed by atoms with Crippen molar-refractivity contribution < 1.29 is 22.7 Å². The van der Waals surface area contributed by atoms with Crippen molar-refractivity contribution in [1.29, 1.82) is 0 Å². The smallest absolute Gasteiger partial charge is 0.223 e. The molecule has 1 aliphatic rings. The lowest BCUT2D eigenvalue weighted by atomic mass is 10.2. The molecule has 0 aromatic heterocycles. The van der Waals surface area contributed by atoms with Crippen molar-refractivity contribution in [3.63, 3.8) is 0 Å². The van der Waals surface area contributed by atoms with Crippen LogP contribution in [0.5, 0.6) is 5.75 Å². The van der Waals surface area contributed by atoms with E-state index in [1.54, 1.807) is 24.3 Å². The minimum Gasteiger partial charge on any atom is -0.491 e. The first-order chi connectivity index (χ1) is 12.2. The van der Waals surface area contributed by atoms with Crippen molar-refractivity contribution in [2.24, 2.45) is 0 Å². The summed E-state index contributed by atoms with van der Waals surface area (Å²) in [6, 6.07) is 6.80. The highest BCUT2D eigenvalue weighted by atomic mass is 32.2. The van der Waals surface area contributed by atoms with Gasteiger partial charge in [0.15, 0.2) is 9.84 Å². The van der Waals surface area contributed by atoms with Gasteiger partial charge in [-0.05, 0) is 44.5 Å². The van der Waals surface area contributed by atoms with Gasteiger partial charge < -0.3 is 15.0 Å². The van der Waals surface area contributed by atoms with E-state index in [-0.39, 0.29) is 48.4 Å². The highest BCUT2D eigenvalue weighted by Gasteiger charge is 2.28. The second-order valence-electron chi connectivity index (χ2n) is 6.75. The molecule has 1 N–H and O–H groups in total. The molecule has 8 heteroatoms. The first-order valence-electron chi connectivity index (χ1n) is 8.71. The molecule has 1 aromatic rings. The zero-order chi connectivity index (χ0) is 19.3. The van der Waals surface area contributed by atoms with E-state index in [1.807, 2.05) is 13.8 Å². The molecule has 0 saturated carbocycles. The van der Waals surface area contributed by atoms with E-state index in [0.29, 0.717) is 17.9 Å². The van der Waals surface area contributed by atoms with Crippen LogP contribution in [0, 0.1) is 0 Å². The molecule has 7 nitrogen and oxygen atoms in total. The second kappa shape index (κ2) is 8.53. The van der Waals surface area contributed by atoms with Crippen molar-refractivity contribution in [2.75, 3.05) is 23.0 Å². The summed E-state index contributed by atoms with van der Waals surface area (Å²) in [5.74, 6) is 0.402. The lowest BCUT2D eigenvalue weighted by Gasteiger charge is -2.22. The number of nitrogens with one attached hydrogen (secondary N) is 1. The zero-order valence-corrected chi connectivity index (χ0v) is 16.2. The molecule has 1 aromatic carbocycles. The highest BCUT2D eigenvalue weighted by Crippen LogP contribution is 2.21. The average Bonchev–Trinajstić information content (AvgIpc) is 2.87. The van der Waals surface area contributed by atoms with Crippen LogP contribution in [-0.4, -0.2) is 50.4 Å². The van der Waals surface area contributed by atoms with Gasteiger partial charge in [-0.25, -0.2) is 8.42 Å². The van der Waals surface area contributed by atoms with E-state index >= 15 is 0 Å². The van der Waals surface area contributed by atoms with E-state index in [9.17, 15) is 18.0 Å². The number of carbonyl (C=O) groups excluding carboxylic acids is 2. The van der Waals surface area contributed by atoms with E-state index in [1.165, 1.54) is 11.8 Å². The Bertz CT molecular complexity index is 743. The van der Waals surface area contributed by atoms with Crippen LogP contribution in [0.2, 0.25) is 0 Å². The van der Waals surface area contributed by atoms with Crippen molar-refractivity contribution in [3.8, 4) is 5.75 Å². The number of rotatable bonds is 7. The Balaban J connectivity index is 1.91. The maximum atomic E-state index is 12.1. The van der Waals surface area contributed by atoms with Gasteiger partial charge in [0.1, 0.15) is 5.75 Å². The maximum absolute atomic E-state index is 12.1. The topological polar surface area (TPSA) is 92.8 Å². The van der Waals surface area contributed by atoms with Crippen LogP contribution in [0.3, 0.4) is 0 Å². The molecule has 0 spiro atoms. The van der Waals surface area contributed by atoms with Crippen molar-refractivity contribution in [2.45, 2.75) is 45.8 Å². The van der Waals surface area contributed by atoms with Gasteiger partial charge in [0.2, 0.25) is 11.8 Å². The summed E-state index contributed by atoms with van der Waals surface area (Å²) in [4.78, 5) is 25.5. The third kappa shape index (κ3) is 6.01. The van der Waals surface area contributed by atoms with Gasteiger partial charge >= 0.3 is 0 Å². The monoisotopic (exact) mass is 382 g/mol. The first kappa shape index (κ1) is 20.2. The third-order valence-electron chi connectivity index (χ3n) is 4.06. The molecule has 1 aliphatic heterocycles. The Morgan fingerprint density at radius 1 is 1.27 bits per heavy atom. The number of anilines is 1. The van der Waals surface area contributed by atoms with E-state index in [2.05, 4.69) is 5.32 Å². The van der Waals surface area contributed by atoms with Gasteiger partial charge in [-0.1, -0.05) is 0 Å². The van der Waals surface area contributed by atoms with Crippen molar-refractivity contribution in [3.05, 3.63) is 24.3 Å². The molecule has 1 saturated heterocycles. The third-order valence-corrected chi connectivity index (χ3v) is 5.83. The molecule has 26 heavy (non-hydrogen) atoms. The fourth-order valence-corrected chi connectivity index (χ4v) is 4.54. The zero-order valence-electron chi connectivity index (χ0n) is 15.4. The van der Waals surface area contributed by atoms with Crippen LogP contribution in [0.25, 0.3) is 0 Å². The minimum absolute atomic E-state index is 0.00746. The average molecular weight is 382 g/mol. The van der Waals surface area contributed by atoms with Gasteiger partial charge in [-0.2, -0.15) is 0 Å². The summed E-state index contributed by atoms with van der Waals surface area (Å²) in [7, 11) is -3.03. The molecule has 1 unspecified atom stereocenters. The number of sulfone groups is 1. The highest BCUT2D eigenvalue weighted by molar-refractivity contribution is 7.91. The van der Waals surface area contributed by atoms with Crippen molar-refractivity contribution in [1.82, 2.24) is 5.32 Å². The number of amides is 2. The Morgan fingerprint density at radius 3 is 2.42 bits per heavy atom. The summed E-state index contributed by atoms with van der Waals surface area (Å²) < 4.78 is 28.5. The summed E-state index contributed by atoms with van der Waals surface area (Å²) in [5.41, 5.74) is 0.685. The largest absolute Gasteiger partial charge is 0.491 e. The molecule has 1 fully saturated rings. The molecule has 144 valence electrons. The van der Waals surface area contributed by atoms with Gasteiger partial charge in [-0.3, -0.25) is 9.59 Å². The van der Waals surface area contributed by atoms with E-state index in [0.717, 1.165) is 0 Å². The second-order valence-corrected chi connectivity index (χ2v) is 8.98. The van der Waals surface area contributed by atoms with Crippen LogP contribution < -0.4 is 15.0 Å². The number of hydrogen-bond acceptors (Lipinski definition) is 5. The molecule has 0 aliphatic carbocycles. The number of carbonyl (C=O) groups is 2. The SMILES string of the molecule is CC(=O)N(CCC(=O)NC1CCS(=O)(=O)C1)c1ccc(OC(C)C)cc1. The summed E-state index contributed by atoms with van der Waals surface area (Å²) in [5, 5.41) is 2.73. The standard InChI is InChI=1S/C18H26N2O5S/c1-13(2)25-17-6-4-16(5-7-17)20(14(3)21)10-8-18(22)19-15-9-11-26(23,24)12-15/h4-7,13,15H,8-12H2,1-3H3,(H,19,22). The van der Waals surface area contributed by atoms with Gasteiger partial charge in [0.05, 0.1) is 17.6 Å². The summed E-state index contributed by atoms with van der Waals surface area (Å²) in [6.07, 6.45) is 0.621. The Morgan fingerprint density at radius 2 is 1.92 bits per heavy atom. The fourth-order valence-electron chi connectivity index (χ4n) is 2.87. The number of ether oxygens (including phenoxy) is 1. The molecule has 0 radical (unpaired) electrons. The Kier molecular flexibility index (Phi) is 6.63. The Hall–Kier alpha value is -2.09. The number of benzene rings is 1. The number of hydrogen-bond donors (Lipinski definition) is 1. The quantitative estimate of drug-likeness (QED) is 0.772. The molecule has 1 atom stereocenters. The predicted octanol–water partition coefficient (Wildman–Crippen LogP) is 1.52. The number of nitrogens with zero attached hydrogens (tertiary/aromatic N) is 1. The normalized spacial score (nSPS) is 18.5. The first-order valence-corrected chi connectivity index (χ1v) is 10.5. The van der Waals surface area contributed by atoms with E-state index < -0.39 is 9.84 Å². The van der Waals surface area contributed by atoms with Crippen LogP contribution in [0.4, 0.5) is 5.69 Å². The van der Waals surface area contributed by atoms with E-state index in [4.69, 9.17) is 4.74 Å². The van der Waals surface area contributed by atoms with Crippen molar-refractivity contribution >= 4 is 27.3 Å².